The van der Waals surface area contributed by atoms with Gasteiger partial charge in [-0.15, -0.1) is 0 Å². The molecule has 0 heterocycles. The lowest BCUT2D eigenvalue weighted by Crippen LogP contribution is -2.32. The molecule has 0 bridgehead atoms. The number of para-hydroxylation sites is 1. The van der Waals surface area contributed by atoms with E-state index in [-0.39, 0.29) is 28.6 Å². The third kappa shape index (κ3) is 3.00. The SMILES string of the molecule is NC1CCC(C(=O)Nc2c(F)cccc2Cl)CC1. The average molecular weight is 271 g/mol. The van der Waals surface area contributed by atoms with E-state index in [0.29, 0.717) is 0 Å². The van der Waals surface area contributed by atoms with E-state index in [0.717, 1.165) is 25.7 Å². The maximum Gasteiger partial charge on any atom is 0.227 e. The Hall–Kier alpha value is -1.13. The van der Waals surface area contributed by atoms with Crippen LogP contribution in [0.3, 0.4) is 0 Å². The molecule has 5 heteroatoms. The molecule has 1 aromatic carbocycles. The van der Waals surface area contributed by atoms with E-state index in [1.165, 1.54) is 12.1 Å². The molecule has 1 fully saturated rings. The normalized spacial score (nSPS) is 23.7. The van der Waals surface area contributed by atoms with Gasteiger partial charge in [0.2, 0.25) is 5.91 Å². The highest BCUT2D eigenvalue weighted by Crippen LogP contribution is 2.28. The van der Waals surface area contributed by atoms with E-state index in [2.05, 4.69) is 5.32 Å². The second-order valence-corrected chi connectivity index (χ2v) is 5.10. The van der Waals surface area contributed by atoms with Gasteiger partial charge in [0.1, 0.15) is 5.82 Å². The van der Waals surface area contributed by atoms with Gasteiger partial charge in [-0.25, -0.2) is 4.39 Å². The number of anilines is 1. The van der Waals surface area contributed by atoms with Crippen molar-refractivity contribution in [3.8, 4) is 0 Å². The molecule has 0 aliphatic heterocycles. The summed E-state index contributed by atoms with van der Waals surface area (Å²) in [4.78, 5) is 12.0. The van der Waals surface area contributed by atoms with Crippen molar-refractivity contribution >= 4 is 23.2 Å². The Balaban J connectivity index is 2.03. The third-order valence-electron chi connectivity index (χ3n) is 3.35. The lowest BCUT2D eigenvalue weighted by molar-refractivity contribution is -0.120. The molecule has 3 N–H and O–H groups in total. The zero-order chi connectivity index (χ0) is 13.1. The van der Waals surface area contributed by atoms with Crippen molar-refractivity contribution in [1.82, 2.24) is 0 Å². The number of hydrogen-bond donors (Lipinski definition) is 2. The number of rotatable bonds is 2. The molecule has 1 aromatic rings. The zero-order valence-electron chi connectivity index (χ0n) is 9.96. The Morgan fingerprint density at radius 2 is 2.00 bits per heavy atom. The molecule has 0 spiro atoms. The Morgan fingerprint density at radius 3 is 2.61 bits per heavy atom. The first-order valence-corrected chi connectivity index (χ1v) is 6.46. The summed E-state index contributed by atoms with van der Waals surface area (Å²) in [6.07, 6.45) is 3.17. The summed E-state index contributed by atoms with van der Waals surface area (Å²) in [6, 6.07) is 4.52. The minimum Gasteiger partial charge on any atom is -0.328 e. The van der Waals surface area contributed by atoms with Gasteiger partial charge in [-0.05, 0) is 37.8 Å². The minimum atomic E-state index is -0.511. The van der Waals surface area contributed by atoms with Gasteiger partial charge in [-0.3, -0.25) is 4.79 Å². The van der Waals surface area contributed by atoms with Crippen LogP contribution in [0.4, 0.5) is 10.1 Å². The van der Waals surface area contributed by atoms with Crippen LogP contribution in [0.2, 0.25) is 5.02 Å². The van der Waals surface area contributed by atoms with Gasteiger partial charge in [0, 0.05) is 12.0 Å². The van der Waals surface area contributed by atoms with Gasteiger partial charge in [-0.1, -0.05) is 17.7 Å². The fourth-order valence-corrected chi connectivity index (χ4v) is 2.43. The molecule has 0 atom stereocenters. The van der Waals surface area contributed by atoms with E-state index in [1.54, 1.807) is 6.07 Å². The largest absolute Gasteiger partial charge is 0.328 e. The summed E-state index contributed by atoms with van der Waals surface area (Å²) in [5.41, 5.74) is 5.85. The van der Waals surface area contributed by atoms with Crippen molar-refractivity contribution in [2.24, 2.45) is 11.7 Å². The molecule has 1 saturated carbocycles. The first-order chi connectivity index (χ1) is 8.58. The average Bonchev–Trinajstić information content (AvgIpc) is 2.34. The molecule has 98 valence electrons. The van der Waals surface area contributed by atoms with Gasteiger partial charge in [0.15, 0.2) is 0 Å². The van der Waals surface area contributed by atoms with Crippen LogP contribution >= 0.6 is 11.6 Å². The lowest BCUT2D eigenvalue weighted by atomic mass is 9.86. The highest BCUT2D eigenvalue weighted by molar-refractivity contribution is 6.33. The molecule has 1 aliphatic rings. The molecular weight excluding hydrogens is 255 g/mol. The van der Waals surface area contributed by atoms with E-state index in [4.69, 9.17) is 17.3 Å². The minimum absolute atomic E-state index is 0.0686. The maximum atomic E-state index is 13.5. The van der Waals surface area contributed by atoms with Crippen molar-refractivity contribution in [2.45, 2.75) is 31.7 Å². The third-order valence-corrected chi connectivity index (χ3v) is 3.67. The predicted molar refractivity (Wildman–Crippen MR) is 70.0 cm³/mol. The summed E-state index contributed by atoms with van der Waals surface area (Å²) in [5.74, 6) is -0.780. The molecule has 0 aromatic heterocycles. The van der Waals surface area contributed by atoms with Crippen LogP contribution in [0.5, 0.6) is 0 Å². The molecule has 0 radical (unpaired) electrons. The van der Waals surface area contributed by atoms with E-state index >= 15 is 0 Å². The van der Waals surface area contributed by atoms with Crippen LogP contribution in [-0.4, -0.2) is 11.9 Å². The predicted octanol–water partition coefficient (Wildman–Crippen LogP) is 2.94. The summed E-state index contributed by atoms with van der Waals surface area (Å²) in [5, 5.41) is 2.79. The number of hydrogen-bond acceptors (Lipinski definition) is 2. The number of carbonyl (C=O) groups is 1. The van der Waals surface area contributed by atoms with Crippen molar-refractivity contribution in [1.29, 1.82) is 0 Å². The van der Waals surface area contributed by atoms with Gasteiger partial charge in [0.25, 0.3) is 0 Å². The molecular formula is C13H16ClFN2O. The molecule has 1 aliphatic carbocycles. The number of nitrogens with one attached hydrogen (secondary N) is 1. The highest BCUT2D eigenvalue weighted by atomic mass is 35.5. The molecule has 0 unspecified atom stereocenters. The summed E-state index contributed by atoms with van der Waals surface area (Å²) >= 11 is 5.86. The zero-order valence-corrected chi connectivity index (χ0v) is 10.7. The summed E-state index contributed by atoms with van der Waals surface area (Å²) < 4.78 is 13.5. The number of amides is 1. The Labute approximate surface area is 111 Å². The Kier molecular flexibility index (Phi) is 4.19. The number of carbonyl (C=O) groups excluding carboxylic acids is 1. The monoisotopic (exact) mass is 270 g/mol. The second kappa shape index (κ2) is 5.67. The molecule has 18 heavy (non-hydrogen) atoms. The molecule has 1 amide bonds. The Morgan fingerprint density at radius 1 is 1.33 bits per heavy atom. The van der Waals surface area contributed by atoms with E-state index < -0.39 is 5.82 Å². The maximum absolute atomic E-state index is 13.5. The fourth-order valence-electron chi connectivity index (χ4n) is 2.22. The second-order valence-electron chi connectivity index (χ2n) is 4.70. The van der Waals surface area contributed by atoms with Crippen LogP contribution < -0.4 is 11.1 Å². The van der Waals surface area contributed by atoms with E-state index in [9.17, 15) is 9.18 Å². The van der Waals surface area contributed by atoms with Gasteiger partial charge >= 0.3 is 0 Å². The van der Waals surface area contributed by atoms with E-state index in [1.807, 2.05) is 0 Å². The van der Waals surface area contributed by atoms with Crippen molar-refractivity contribution in [3.63, 3.8) is 0 Å². The highest BCUT2D eigenvalue weighted by Gasteiger charge is 2.25. The fraction of sp³-hybridized carbons (Fsp3) is 0.462. The topological polar surface area (TPSA) is 55.1 Å². The van der Waals surface area contributed by atoms with Crippen molar-refractivity contribution in [3.05, 3.63) is 29.0 Å². The first kappa shape index (κ1) is 13.3. The molecule has 3 nitrogen and oxygen atoms in total. The molecule has 2 rings (SSSR count). The number of benzene rings is 1. The molecule has 0 saturated heterocycles. The summed E-state index contributed by atoms with van der Waals surface area (Å²) in [7, 11) is 0. The van der Waals surface area contributed by atoms with Crippen LogP contribution in [0.15, 0.2) is 18.2 Å². The number of nitrogens with two attached hydrogens (primary N) is 1. The number of halogens is 2. The van der Waals surface area contributed by atoms with Gasteiger partial charge in [0.05, 0.1) is 10.7 Å². The first-order valence-electron chi connectivity index (χ1n) is 6.08. The van der Waals surface area contributed by atoms with Gasteiger partial charge in [-0.2, -0.15) is 0 Å². The summed E-state index contributed by atoms with van der Waals surface area (Å²) in [6.45, 7) is 0. The Bertz CT molecular complexity index is 424. The standard InChI is InChI=1S/C13H16ClFN2O/c14-10-2-1-3-11(15)12(10)17-13(18)8-4-6-9(16)7-5-8/h1-3,8-9H,4-7,16H2,(H,17,18). The van der Waals surface area contributed by atoms with Crippen molar-refractivity contribution < 1.29 is 9.18 Å². The van der Waals surface area contributed by atoms with Crippen LogP contribution in [0.25, 0.3) is 0 Å². The van der Waals surface area contributed by atoms with Crippen LogP contribution in [0, 0.1) is 11.7 Å². The smallest absolute Gasteiger partial charge is 0.227 e. The van der Waals surface area contributed by atoms with Crippen molar-refractivity contribution in [2.75, 3.05) is 5.32 Å². The lowest BCUT2D eigenvalue weighted by Gasteiger charge is -2.25. The van der Waals surface area contributed by atoms with Gasteiger partial charge < -0.3 is 11.1 Å². The quantitative estimate of drug-likeness (QED) is 0.868. The van der Waals surface area contributed by atoms with Crippen LogP contribution in [0.1, 0.15) is 25.7 Å². The van der Waals surface area contributed by atoms with Crippen LogP contribution in [-0.2, 0) is 4.79 Å².